The lowest BCUT2D eigenvalue weighted by Gasteiger charge is -2.13. The van der Waals surface area contributed by atoms with E-state index in [1.165, 1.54) is 17.5 Å². The lowest BCUT2D eigenvalue weighted by molar-refractivity contribution is 0.177. The molecule has 0 saturated heterocycles. The van der Waals surface area contributed by atoms with E-state index in [1.54, 1.807) is 6.07 Å². The van der Waals surface area contributed by atoms with Crippen LogP contribution in [0.3, 0.4) is 0 Å². The molecule has 3 aromatic carbocycles. The predicted molar refractivity (Wildman–Crippen MR) is 91.7 cm³/mol. The Morgan fingerprint density at radius 2 is 1.71 bits per heavy atom. The van der Waals surface area contributed by atoms with Gasteiger partial charge in [-0.2, -0.15) is 0 Å². The molecule has 1 nitrogen and oxygen atoms in total. The van der Waals surface area contributed by atoms with E-state index in [4.69, 9.17) is 0 Å². The van der Waals surface area contributed by atoms with Crippen LogP contribution in [0.1, 0.15) is 17.2 Å². The Bertz CT molecular complexity index is 785. The van der Waals surface area contributed by atoms with Crippen molar-refractivity contribution in [2.24, 2.45) is 0 Å². The second-order valence-corrected chi connectivity index (χ2v) is 6.23. The van der Waals surface area contributed by atoms with E-state index in [2.05, 4.69) is 46.9 Å². The summed E-state index contributed by atoms with van der Waals surface area (Å²) in [5.74, 6) is -0.277. The number of aliphatic hydroxyl groups excluding tert-OH is 1. The van der Waals surface area contributed by atoms with Gasteiger partial charge in [-0.15, -0.1) is 0 Å². The SMILES string of the molecule is OC(Cc1ccc2ccccc2c1)c1ccc(F)cc1I. The van der Waals surface area contributed by atoms with Crippen molar-refractivity contribution in [3.8, 4) is 0 Å². The average Bonchev–Trinajstić information content (AvgIpc) is 2.47. The molecular formula is C18H14FIO. The lowest BCUT2D eigenvalue weighted by Crippen LogP contribution is -2.04. The Balaban J connectivity index is 1.87. The summed E-state index contributed by atoms with van der Waals surface area (Å²) >= 11 is 2.06. The molecule has 1 N–H and O–H groups in total. The summed E-state index contributed by atoms with van der Waals surface area (Å²) in [5.41, 5.74) is 1.84. The fourth-order valence-electron chi connectivity index (χ4n) is 2.47. The molecule has 0 aliphatic rings. The van der Waals surface area contributed by atoms with Crippen molar-refractivity contribution in [2.75, 3.05) is 0 Å². The molecule has 0 bridgehead atoms. The lowest BCUT2D eigenvalue weighted by atomic mass is 9.99. The maximum absolute atomic E-state index is 13.1. The Kier molecular flexibility index (Phi) is 4.22. The molecule has 0 radical (unpaired) electrons. The summed E-state index contributed by atoms with van der Waals surface area (Å²) in [5, 5.41) is 12.7. The van der Waals surface area contributed by atoms with Gasteiger partial charge in [-0.05, 0) is 56.6 Å². The molecule has 0 aromatic heterocycles. The van der Waals surface area contributed by atoms with E-state index in [9.17, 15) is 9.50 Å². The van der Waals surface area contributed by atoms with Crippen LogP contribution in [0.2, 0.25) is 0 Å². The van der Waals surface area contributed by atoms with Gasteiger partial charge in [-0.3, -0.25) is 0 Å². The molecular weight excluding hydrogens is 378 g/mol. The van der Waals surface area contributed by atoms with Crippen LogP contribution >= 0.6 is 22.6 Å². The third kappa shape index (κ3) is 3.24. The molecule has 0 aliphatic heterocycles. The van der Waals surface area contributed by atoms with E-state index in [0.717, 1.165) is 20.1 Å². The summed E-state index contributed by atoms with van der Waals surface area (Å²) in [4.78, 5) is 0. The second kappa shape index (κ2) is 6.12. The molecule has 0 aliphatic carbocycles. The van der Waals surface area contributed by atoms with Gasteiger partial charge in [0, 0.05) is 9.99 Å². The van der Waals surface area contributed by atoms with Crippen molar-refractivity contribution in [1.82, 2.24) is 0 Å². The van der Waals surface area contributed by atoms with Crippen molar-refractivity contribution < 1.29 is 9.50 Å². The number of fused-ring (bicyclic) bond motifs is 1. The van der Waals surface area contributed by atoms with Crippen LogP contribution in [-0.2, 0) is 6.42 Å². The highest BCUT2D eigenvalue weighted by atomic mass is 127. The summed E-state index contributed by atoms with van der Waals surface area (Å²) in [7, 11) is 0. The molecule has 0 saturated carbocycles. The molecule has 0 spiro atoms. The highest BCUT2D eigenvalue weighted by Gasteiger charge is 2.13. The maximum Gasteiger partial charge on any atom is 0.124 e. The van der Waals surface area contributed by atoms with Gasteiger partial charge in [0.05, 0.1) is 6.10 Å². The van der Waals surface area contributed by atoms with Crippen LogP contribution in [-0.4, -0.2) is 5.11 Å². The largest absolute Gasteiger partial charge is 0.388 e. The Morgan fingerprint density at radius 3 is 2.48 bits per heavy atom. The zero-order valence-electron chi connectivity index (χ0n) is 11.3. The Labute approximate surface area is 136 Å². The van der Waals surface area contributed by atoms with Gasteiger partial charge in [0.25, 0.3) is 0 Å². The third-order valence-electron chi connectivity index (χ3n) is 3.56. The van der Waals surface area contributed by atoms with Crippen molar-refractivity contribution in [3.05, 3.63) is 81.2 Å². The normalized spacial score (nSPS) is 12.5. The first-order valence-electron chi connectivity index (χ1n) is 6.74. The van der Waals surface area contributed by atoms with Crippen molar-refractivity contribution in [2.45, 2.75) is 12.5 Å². The van der Waals surface area contributed by atoms with Crippen LogP contribution in [0.25, 0.3) is 10.8 Å². The number of aliphatic hydroxyl groups is 1. The molecule has 3 heteroatoms. The van der Waals surface area contributed by atoms with Crippen molar-refractivity contribution >= 4 is 33.4 Å². The van der Waals surface area contributed by atoms with Crippen LogP contribution in [0.5, 0.6) is 0 Å². The van der Waals surface area contributed by atoms with Crippen LogP contribution in [0.4, 0.5) is 4.39 Å². The molecule has 3 aromatic rings. The summed E-state index contributed by atoms with van der Waals surface area (Å²) < 4.78 is 13.9. The molecule has 106 valence electrons. The summed E-state index contributed by atoms with van der Waals surface area (Å²) in [6.07, 6.45) is -0.106. The minimum absolute atomic E-state index is 0.277. The maximum atomic E-state index is 13.1. The van der Waals surface area contributed by atoms with Crippen LogP contribution in [0, 0.1) is 9.39 Å². The van der Waals surface area contributed by atoms with Gasteiger partial charge in [0.15, 0.2) is 0 Å². The fraction of sp³-hybridized carbons (Fsp3) is 0.111. The average molecular weight is 392 g/mol. The number of rotatable bonds is 3. The first-order chi connectivity index (χ1) is 10.1. The summed E-state index contributed by atoms with van der Waals surface area (Å²) in [6, 6.07) is 18.8. The second-order valence-electron chi connectivity index (χ2n) is 5.07. The highest BCUT2D eigenvalue weighted by molar-refractivity contribution is 14.1. The van der Waals surface area contributed by atoms with E-state index in [0.29, 0.717) is 6.42 Å². The Morgan fingerprint density at radius 1 is 0.952 bits per heavy atom. The topological polar surface area (TPSA) is 20.2 Å². The highest BCUT2D eigenvalue weighted by Crippen LogP contribution is 2.25. The van der Waals surface area contributed by atoms with E-state index < -0.39 is 6.10 Å². The number of hydrogen-bond acceptors (Lipinski definition) is 1. The third-order valence-corrected chi connectivity index (χ3v) is 4.50. The van der Waals surface area contributed by atoms with Crippen molar-refractivity contribution in [1.29, 1.82) is 0 Å². The Hall–Kier alpha value is -1.46. The van der Waals surface area contributed by atoms with E-state index >= 15 is 0 Å². The summed E-state index contributed by atoms with van der Waals surface area (Å²) in [6.45, 7) is 0. The minimum Gasteiger partial charge on any atom is -0.388 e. The van der Waals surface area contributed by atoms with E-state index in [-0.39, 0.29) is 5.82 Å². The quantitative estimate of drug-likeness (QED) is 0.632. The predicted octanol–water partition coefficient (Wildman–Crippen LogP) is 4.86. The first-order valence-corrected chi connectivity index (χ1v) is 7.82. The molecule has 1 unspecified atom stereocenters. The van der Waals surface area contributed by atoms with Gasteiger partial charge in [-0.1, -0.05) is 48.5 Å². The number of benzene rings is 3. The minimum atomic E-state index is -0.626. The molecule has 0 amide bonds. The molecule has 1 atom stereocenters. The zero-order valence-corrected chi connectivity index (χ0v) is 13.4. The molecule has 0 fully saturated rings. The first kappa shape index (κ1) is 14.5. The van der Waals surface area contributed by atoms with Gasteiger partial charge in [0.2, 0.25) is 0 Å². The van der Waals surface area contributed by atoms with Gasteiger partial charge in [-0.25, -0.2) is 4.39 Å². The monoisotopic (exact) mass is 392 g/mol. The van der Waals surface area contributed by atoms with E-state index in [1.807, 2.05) is 18.2 Å². The standard InChI is InChI=1S/C18H14FIO/c19-15-7-8-16(17(20)11-15)18(21)10-12-5-6-13-3-1-2-4-14(13)9-12/h1-9,11,18,21H,10H2. The van der Waals surface area contributed by atoms with Crippen molar-refractivity contribution in [3.63, 3.8) is 0 Å². The smallest absolute Gasteiger partial charge is 0.124 e. The number of halogens is 2. The van der Waals surface area contributed by atoms with Gasteiger partial charge >= 0.3 is 0 Å². The van der Waals surface area contributed by atoms with Crippen LogP contribution in [0.15, 0.2) is 60.7 Å². The molecule has 0 heterocycles. The van der Waals surface area contributed by atoms with Crippen LogP contribution < -0.4 is 0 Å². The van der Waals surface area contributed by atoms with Gasteiger partial charge in [0.1, 0.15) is 5.82 Å². The fourth-order valence-corrected chi connectivity index (χ4v) is 3.31. The van der Waals surface area contributed by atoms with Gasteiger partial charge < -0.3 is 5.11 Å². The zero-order chi connectivity index (χ0) is 14.8. The number of hydrogen-bond donors (Lipinski definition) is 1. The molecule has 3 rings (SSSR count). The molecule has 21 heavy (non-hydrogen) atoms.